The first kappa shape index (κ1) is 15.2. The van der Waals surface area contributed by atoms with Gasteiger partial charge in [0.1, 0.15) is 11.5 Å². The summed E-state index contributed by atoms with van der Waals surface area (Å²) in [6.45, 7) is 4.10. The molecule has 24 heavy (non-hydrogen) atoms. The van der Waals surface area contributed by atoms with E-state index >= 15 is 0 Å². The Labute approximate surface area is 140 Å². The second-order valence-electron chi connectivity index (χ2n) is 7.29. The van der Waals surface area contributed by atoms with E-state index in [0.29, 0.717) is 28.9 Å². The third-order valence-corrected chi connectivity index (χ3v) is 5.84. The molecule has 0 fully saturated rings. The number of ether oxygens (including phenoxy) is 1. The van der Waals surface area contributed by atoms with Crippen molar-refractivity contribution in [3.05, 3.63) is 58.7 Å². The molecule has 0 unspecified atom stereocenters. The molecule has 0 bridgehead atoms. The Kier molecular flexibility index (Phi) is 2.92. The van der Waals surface area contributed by atoms with Gasteiger partial charge in [-0.15, -0.1) is 0 Å². The second kappa shape index (κ2) is 4.61. The standard InChI is InChI=1S/C20H20O4/c1-19(2)14-6-4-5-7-15(14)20(23)17(19)10-12-13(18(20)22)8-11(24-3)9-16(12)21/h4-9,17,21,23H,10H2,1-3H3/t17-,20+/m1/s1. The fourth-order valence-electron chi connectivity index (χ4n) is 4.53. The molecule has 0 amide bonds. The Morgan fingerprint density at radius 2 is 1.83 bits per heavy atom. The maximum Gasteiger partial charge on any atom is 0.199 e. The average Bonchev–Trinajstić information content (AvgIpc) is 2.75. The maximum atomic E-state index is 13.3. The highest BCUT2D eigenvalue weighted by atomic mass is 16.5. The summed E-state index contributed by atoms with van der Waals surface area (Å²) in [6.07, 6.45) is 0.440. The van der Waals surface area contributed by atoms with Gasteiger partial charge in [0, 0.05) is 23.1 Å². The molecule has 2 atom stereocenters. The van der Waals surface area contributed by atoms with Crippen molar-refractivity contribution in [1.82, 2.24) is 0 Å². The number of aliphatic hydroxyl groups is 1. The van der Waals surface area contributed by atoms with Gasteiger partial charge in [-0.2, -0.15) is 0 Å². The van der Waals surface area contributed by atoms with Gasteiger partial charge in [0.15, 0.2) is 11.4 Å². The lowest BCUT2D eigenvalue weighted by molar-refractivity contribution is -0.0181. The Balaban J connectivity index is 2.00. The summed E-state index contributed by atoms with van der Waals surface area (Å²) in [5, 5.41) is 21.9. The molecule has 4 nitrogen and oxygen atoms in total. The smallest absolute Gasteiger partial charge is 0.199 e. The first-order valence-corrected chi connectivity index (χ1v) is 8.08. The molecule has 2 aliphatic carbocycles. The van der Waals surface area contributed by atoms with Crippen LogP contribution in [0.1, 0.15) is 40.9 Å². The molecule has 0 heterocycles. The van der Waals surface area contributed by atoms with E-state index in [9.17, 15) is 15.0 Å². The molecule has 2 aromatic carbocycles. The van der Waals surface area contributed by atoms with E-state index in [1.54, 1.807) is 6.07 Å². The summed E-state index contributed by atoms with van der Waals surface area (Å²) in [6, 6.07) is 10.7. The highest BCUT2D eigenvalue weighted by Crippen LogP contribution is 2.58. The molecule has 0 saturated carbocycles. The Morgan fingerprint density at radius 1 is 1.17 bits per heavy atom. The van der Waals surface area contributed by atoms with Crippen molar-refractivity contribution in [1.29, 1.82) is 0 Å². The zero-order chi connectivity index (χ0) is 17.3. The molecule has 2 aliphatic rings. The SMILES string of the molecule is COc1cc(O)c2c(c1)C(=O)[C@]1(O)c3ccccc3C(C)(C)[C@H]1C2. The number of aromatic hydroxyl groups is 1. The van der Waals surface area contributed by atoms with Gasteiger partial charge in [0.25, 0.3) is 0 Å². The van der Waals surface area contributed by atoms with Gasteiger partial charge in [-0.05, 0) is 29.0 Å². The molecule has 2 aromatic rings. The van der Waals surface area contributed by atoms with Gasteiger partial charge in [-0.1, -0.05) is 38.1 Å². The largest absolute Gasteiger partial charge is 0.508 e. The molecule has 4 rings (SSSR count). The van der Waals surface area contributed by atoms with Crippen molar-refractivity contribution >= 4 is 5.78 Å². The molecule has 124 valence electrons. The van der Waals surface area contributed by atoms with Crippen LogP contribution in [-0.2, 0) is 17.4 Å². The van der Waals surface area contributed by atoms with Crippen molar-refractivity contribution < 1.29 is 19.7 Å². The maximum absolute atomic E-state index is 13.3. The van der Waals surface area contributed by atoms with Crippen LogP contribution in [0, 0.1) is 5.92 Å². The number of carbonyl (C=O) groups excluding carboxylic acids is 1. The fraction of sp³-hybridized carbons (Fsp3) is 0.350. The third-order valence-electron chi connectivity index (χ3n) is 5.84. The molecule has 4 heteroatoms. The quantitative estimate of drug-likeness (QED) is 0.846. The van der Waals surface area contributed by atoms with E-state index in [2.05, 4.69) is 0 Å². The third kappa shape index (κ3) is 1.64. The highest BCUT2D eigenvalue weighted by molar-refractivity contribution is 6.07. The van der Waals surface area contributed by atoms with E-state index < -0.39 is 5.60 Å². The van der Waals surface area contributed by atoms with Crippen molar-refractivity contribution in [2.24, 2.45) is 5.92 Å². The lowest BCUT2D eigenvalue weighted by Gasteiger charge is -2.40. The number of phenolic OH excluding ortho intramolecular Hbond substituents is 1. The van der Waals surface area contributed by atoms with Gasteiger partial charge in [0.2, 0.25) is 0 Å². The number of phenols is 1. The Morgan fingerprint density at radius 3 is 2.50 bits per heavy atom. The van der Waals surface area contributed by atoms with Crippen molar-refractivity contribution in [3.8, 4) is 11.5 Å². The number of hydrogen-bond acceptors (Lipinski definition) is 4. The van der Waals surface area contributed by atoms with Crippen LogP contribution < -0.4 is 4.74 Å². The minimum Gasteiger partial charge on any atom is -0.508 e. The Hall–Kier alpha value is -2.33. The monoisotopic (exact) mass is 324 g/mol. The number of rotatable bonds is 1. The van der Waals surface area contributed by atoms with Crippen LogP contribution in [0.5, 0.6) is 11.5 Å². The molecule has 0 radical (unpaired) electrons. The van der Waals surface area contributed by atoms with Gasteiger partial charge < -0.3 is 14.9 Å². The lowest BCUT2D eigenvalue weighted by Crippen LogP contribution is -2.48. The van der Waals surface area contributed by atoms with Gasteiger partial charge in [0.05, 0.1) is 7.11 Å². The van der Waals surface area contributed by atoms with Crippen LogP contribution in [0.4, 0.5) is 0 Å². The minimum atomic E-state index is -1.56. The molecule has 0 aromatic heterocycles. The minimum absolute atomic E-state index is 0.0477. The molecular weight excluding hydrogens is 304 g/mol. The summed E-state index contributed by atoms with van der Waals surface area (Å²) in [4.78, 5) is 13.3. The van der Waals surface area contributed by atoms with Gasteiger partial charge in [-0.3, -0.25) is 4.79 Å². The number of fused-ring (bicyclic) bond motifs is 4. The summed E-state index contributed by atoms with van der Waals surface area (Å²) in [5.74, 6) is -0.221. The first-order chi connectivity index (χ1) is 11.3. The van der Waals surface area contributed by atoms with Crippen molar-refractivity contribution in [3.63, 3.8) is 0 Å². The van der Waals surface area contributed by atoms with E-state index in [-0.39, 0.29) is 22.9 Å². The zero-order valence-corrected chi connectivity index (χ0v) is 14.0. The molecule has 0 saturated heterocycles. The molecule has 0 spiro atoms. The lowest BCUT2D eigenvalue weighted by atomic mass is 9.65. The van der Waals surface area contributed by atoms with E-state index in [0.717, 1.165) is 5.56 Å². The summed E-state index contributed by atoms with van der Waals surface area (Å²) in [7, 11) is 1.49. The number of methoxy groups -OCH3 is 1. The van der Waals surface area contributed by atoms with Gasteiger partial charge in [-0.25, -0.2) is 0 Å². The molecule has 0 aliphatic heterocycles. The Bertz CT molecular complexity index is 868. The molecular formula is C20H20O4. The number of hydrogen-bond donors (Lipinski definition) is 2. The second-order valence-corrected chi connectivity index (χ2v) is 7.29. The summed E-state index contributed by atoms with van der Waals surface area (Å²) in [5.41, 5.74) is 0.675. The van der Waals surface area contributed by atoms with Gasteiger partial charge >= 0.3 is 0 Å². The molecule has 2 N–H and O–H groups in total. The predicted octanol–water partition coefficient (Wildman–Crippen LogP) is 2.93. The fourth-order valence-corrected chi connectivity index (χ4v) is 4.53. The van der Waals surface area contributed by atoms with E-state index in [1.807, 2.05) is 38.1 Å². The van der Waals surface area contributed by atoms with Crippen LogP contribution in [0.2, 0.25) is 0 Å². The number of ketones is 1. The van der Waals surface area contributed by atoms with Crippen LogP contribution in [0.15, 0.2) is 36.4 Å². The number of carbonyl (C=O) groups is 1. The topological polar surface area (TPSA) is 66.8 Å². The summed E-state index contributed by atoms with van der Waals surface area (Å²) < 4.78 is 5.17. The first-order valence-electron chi connectivity index (χ1n) is 8.08. The van der Waals surface area contributed by atoms with Crippen LogP contribution in [-0.4, -0.2) is 23.1 Å². The van der Waals surface area contributed by atoms with E-state index in [4.69, 9.17) is 4.74 Å². The number of Topliss-reactive ketones (excluding diaryl/α,β-unsaturated/α-hetero) is 1. The van der Waals surface area contributed by atoms with Crippen LogP contribution in [0.25, 0.3) is 0 Å². The normalized spacial score (nSPS) is 26.5. The van der Waals surface area contributed by atoms with Crippen LogP contribution >= 0.6 is 0 Å². The predicted molar refractivity (Wildman–Crippen MR) is 89.5 cm³/mol. The van der Waals surface area contributed by atoms with Crippen molar-refractivity contribution in [2.75, 3.05) is 7.11 Å². The van der Waals surface area contributed by atoms with E-state index in [1.165, 1.54) is 13.2 Å². The number of benzene rings is 2. The summed E-state index contributed by atoms with van der Waals surface area (Å²) >= 11 is 0. The van der Waals surface area contributed by atoms with Crippen molar-refractivity contribution in [2.45, 2.75) is 31.3 Å². The highest BCUT2D eigenvalue weighted by Gasteiger charge is 2.61. The average molecular weight is 324 g/mol. The zero-order valence-electron chi connectivity index (χ0n) is 14.0. The van der Waals surface area contributed by atoms with Crippen LogP contribution in [0.3, 0.4) is 0 Å².